The van der Waals surface area contributed by atoms with Crippen molar-refractivity contribution in [2.75, 3.05) is 57.2 Å². The number of aromatic nitrogens is 1. The molecule has 0 bridgehead atoms. The number of rotatable bonds is 8. The second kappa shape index (κ2) is 12.8. The van der Waals surface area contributed by atoms with E-state index in [0.717, 1.165) is 56.1 Å². The minimum absolute atomic E-state index is 0.186. The molecule has 0 spiro atoms. The molecule has 2 aromatic carbocycles. The topological polar surface area (TPSA) is 94.9 Å². The highest BCUT2D eigenvalue weighted by Gasteiger charge is 2.31. The number of nitrogens with zero attached hydrogens (tertiary/aromatic N) is 2. The Hall–Kier alpha value is -3.84. The van der Waals surface area contributed by atoms with Crippen molar-refractivity contribution in [3.63, 3.8) is 0 Å². The van der Waals surface area contributed by atoms with E-state index in [1.165, 1.54) is 0 Å². The van der Waals surface area contributed by atoms with Crippen LogP contribution in [0.25, 0.3) is 0 Å². The van der Waals surface area contributed by atoms with E-state index >= 15 is 0 Å². The number of amides is 2. The number of anilines is 2. The summed E-state index contributed by atoms with van der Waals surface area (Å²) >= 11 is 0. The SMILES string of the molecule is CO[N+]1(CCCOc2ccc(C#Cc3ccc(NC(=O)Nc4cc(C(C)(C)C)on4)cc3)cc2)CCOCC1. The van der Waals surface area contributed by atoms with Crippen LogP contribution in [0.1, 0.15) is 44.1 Å². The summed E-state index contributed by atoms with van der Waals surface area (Å²) in [6, 6.07) is 16.4. The van der Waals surface area contributed by atoms with Gasteiger partial charge in [0.15, 0.2) is 5.82 Å². The van der Waals surface area contributed by atoms with E-state index in [1.807, 2.05) is 57.2 Å². The molecule has 1 aliphatic heterocycles. The maximum atomic E-state index is 12.3. The van der Waals surface area contributed by atoms with Crippen molar-refractivity contribution in [2.24, 2.45) is 0 Å². The predicted octanol–water partition coefficient (Wildman–Crippen LogP) is 5.19. The van der Waals surface area contributed by atoms with Crippen LogP contribution in [0.5, 0.6) is 5.75 Å². The van der Waals surface area contributed by atoms with Crippen LogP contribution in [0, 0.1) is 11.8 Å². The molecular formula is C30H37N4O5+. The van der Waals surface area contributed by atoms with Gasteiger partial charge in [0.1, 0.15) is 31.1 Å². The number of carbonyl (C=O) groups is 1. The second-order valence-corrected chi connectivity index (χ2v) is 10.5. The van der Waals surface area contributed by atoms with Crippen molar-refractivity contribution >= 4 is 17.5 Å². The molecule has 1 aliphatic rings. The first-order chi connectivity index (χ1) is 18.7. The van der Waals surface area contributed by atoms with Gasteiger partial charge in [-0.05, 0) is 48.5 Å². The summed E-state index contributed by atoms with van der Waals surface area (Å²) in [5.41, 5.74) is 2.19. The third kappa shape index (κ3) is 8.32. The van der Waals surface area contributed by atoms with Crippen LogP contribution in [0.4, 0.5) is 16.3 Å². The smallest absolute Gasteiger partial charge is 0.324 e. The first-order valence-corrected chi connectivity index (χ1v) is 13.1. The summed E-state index contributed by atoms with van der Waals surface area (Å²) in [7, 11) is 1.76. The normalized spacial score (nSPS) is 14.7. The fraction of sp³-hybridized carbons (Fsp3) is 0.400. The number of quaternary nitrogens is 1. The fourth-order valence-electron chi connectivity index (χ4n) is 4.10. The lowest BCUT2D eigenvalue weighted by molar-refractivity contribution is -1.11. The number of hydrogen-bond acceptors (Lipinski definition) is 6. The fourth-order valence-corrected chi connectivity index (χ4v) is 4.10. The van der Waals surface area contributed by atoms with Gasteiger partial charge in [-0.25, -0.2) is 9.63 Å². The Labute approximate surface area is 230 Å². The molecule has 2 heterocycles. The minimum atomic E-state index is -0.397. The predicted molar refractivity (Wildman–Crippen MR) is 150 cm³/mol. The lowest BCUT2D eigenvalue weighted by Crippen LogP contribution is -2.54. The molecule has 0 aliphatic carbocycles. The molecule has 2 N–H and O–H groups in total. The monoisotopic (exact) mass is 533 g/mol. The van der Waals surface area contributed by atoms with Crippen molar-refractivity contribution in [1.29, 1.82) is 0 Å². The van der Waals surface area contributed by atoms with Gasteiger partial charge in [0.25, 0.3) is 0 Å². The van der Waals surface area contributed by atoms with Crippen LogP contribution in [0.2, 0.25) is 0 Å². The molecule has 0 atom stereocenters. The highest BCUT2D eigenvalue weighted by molar-refractivity contribution is 5.99. The second-order valence-electron chi connectivity index (χ2n) is 10.5. The van der Waals surface area contributed by atoms with E-state index in [0.29, 0.717) is 28.5 Å². The van der Waals surface area contributed by atoms with Crippen LogP contribution in [0.15, 0.2) is 59.1 Å². The summed E-state index contributed by atoms with van der Waals surface area (Å²) in [6.07, 6.45) is 0.903. The van der Waals surface area contributed by atoms with E-state index < -0.39 is 6.03 Å². The van der Waals surface area contributed by atoms with Crippen LogP contribution >= 0.6 is 0 Å². The largest absolute Gasteiger partial charge is 0.493 e. The molecular weight excluding hydrogens is 496 g/mol. The number of nitrogens with one attached hydrogen (secondary N) is 2. The molecule has 0 saturated carbocycles. The quantitative estimate of drug-likeness (QED) is 0.235. The summed E-state index contributed by atoms with van der Waals surface area (Å²) in [5, 5.41) is 9.36. The van der Waals surface area contributed by atoms with Crippen molar-refractivity contribution < 1.29 is 28.3 Å². The van der Waals surface area contributed by atoms with E-state index in [2.05, 4.69) is 27.6 Å². The molecule has 9 nitrogen and oxygen atoms in total. The van der Waals surface area contributed by atoms with Gasteiger partial charge in [-0.3, -0.25) is 5.32 Å². The standard InChI is InChI=1S/C30H36N4O5/c1-30(2,3)27-22-28(33-39-27)32-29(35)31-25-12-8-23(9-13-25)6-7-24-10-14-26(15-11-24)38-19-5-16-34(36-4)17-20-37-21-18-34/h8-15,22H,5,16-21H2,1-4H3,(H-,31,32,33,35)/p+1. The highest BCUT2D eigenvalue weighted by Crippen LogP contribution is 2.24. The average molecular weight is 534 g/mol. The van der Waals surface area contributed by atoms with Gasteiger partial charge >= 0.3 is 6.03 Å². The number of urea groups is 1. The molecule has 2 amide bonds. The number of hydroxylamine groups is 3. The van der Waals surface area contributed by atoms with E-state index in [1.54, 1.807) is 25.3 Å². The molecule has 3 aromatic rings. The summed E-state index contributed by atoms with van der Waals surface area (Å²) in [5.74, 6) is 8.20. The Morgan fingerprint density at radius 3 is 2.23 bits per heavy atom. The number of morpholine rings is 1. The maximum absolute atomic E-state index is 12.3. The molecule has 9 heteroatoms. The van der Waals surface area contributed by atoms with Gasteiger partial charge in [-0.15, -0.1) is 0 Å². The summed E-state index contributed by atoms with van der Waals surface area (Å²) in [6.45, 7) is 10.8. The Bertz CT molecular complexity index is 1280. The summed E-state index contributed by atoms with van der Waals surface area (Å²) < 4.78 is 17.3. The molecule has 206 valence electrons. The van der Waals surface area contributed by atoms with Crippen molar-refractivity contribution in [2.45, 2.75) is 32.6 Å². The number of hydrogen-bond donors (Lipinski definition) is 2. The molecule has 1 fully saturated rings. The summed E-state index contributed by atoms with van der Waals surface area (Å²) in [4.78, 5) is 18.0. The first kappa shape index (κ1) is 28.2. The third-order valence-corrected chi connectivity index (χ3v) is 6.49. The van der Waals surface area contributed by atoms with Crippen LogP contribution in [-0.2, 0) is 15.0 Å². The van der Waals surface area contributed by atoms with E-state index in [9.17, 15) is 4.79 Å². The molecule has 1 saturated heterocycles. The van der Waals surface area contributed by atoms with Gasteiger partial charge in [0.2, 0.25) is 0 Å². The molecule has 4 rings (SSSR count). The Balaban J connectivity index is 1.22. The zero-order valence-corrected chi connectivity index (χ0v) is 23.1. The van der Waals surface area contributed by atoms with Gasteiger partial charge in [-0.1, -0.05) is 37.8 Å². The van der Waals surface area contributed by atoms with Gasteiger partial charge in [-0.2, -0.15) is 4.65 Å². The zero-order valence-electron chi connectivity index (χ0n) is 23.1. The molecule has 1 aromatic heterocycles. The van der Waals surface area contributed by atoms with E-state index in [4.69, 9.17) is 18.8 Å². The minimum Gasteiger partial charge on any atom is -0.493 e. The van der Waals surface area contributed by atoms with Gasteiger partial charge in [0.05, 0.1) is 26.9 Å². The Kier molecular flexibility index (Phi) is 9.25. The number of benzene rings is 2. The number of ether oxygens (including phenoxy) is 2. The third-order valence-electron chi connectivity index (χ3n) is 6.49. The van der Waals surface area contributed by atoms with Crippen LogP contribution < -0.4 is 15.4 Å². The lowest BCUT2D eigenvalue weighted by atomic mass is 9.93. The first-order valence-electron chi connectivity index (χ1n) is 13.1. The van der Waals surface area contributed by atoms with Crippen molar-refractivity contribution in [3.05, 3.63) is 71.5 Å². The zero-order chi connectivity index (χ0) is 27.7. The van der Waals surface area contributed by atoms with Crippen molar-refractivity contribution in [1.82, 2.24) is 5.16 Å². The lowest BCUT2D eigenvalue weighted by Gasteiger charge is -2.36. The van der Waals surface area contributed by atoms with E-state index in [-0.39, 0.29) is 5.41 Å². The highest BCUT2D eigenvalue weighted by atomic mass is 16.7. The molecule has 39 heavy (non-hydrogen) atoms. The van der Waals surface area contributed by atoms with Crippen LogP contribution in [0.3, 0.4) is 0 Å². The Morgan fingerprint density at radius 2 is 1.64 bits per heavy atom. The molecule has 0 unspecified atom stereocenters. The van der Waals surface area contributed by atoms with Gasteiger partial charge < -0.3 is 19.3 Å². The number of carbonyl (C=O) groups excluding carboxylic acids is 1. The average Bonchev–Trinajstić information content (AvgIpc) is 3.41. The molecule has 0 radical (unpaired) electrons. The maximum Gasteiger partial charge on any atom is 0.324 e. The Morgan fingerprint density at radius 1 is 1.00 bits per heavy atom. The van der Waals surface area contributed by atoms with Crippen molar-refractivity contribution in [3.8, 4) is 17.6 Å². The van der Waals surface area contributed by atoms with Crippen LogP contribution in [-0.4, -0.2) is 62.4 Å². The van der Waals surface area contributed by atoms with Gasteiger partial charge in [0, 0.05) is 34.7 Å².